The molecule has 0 amide bonds. The van der Waals surface area contributed by atoms with Crippen LogP contribution in [0.2, 0.25) is 0 Å². The Morgan fingerprint density at radius 3 is 2.19 bits per heavy atom. The van der Waals surface area contributed by atoms with Crippen molar-refractivity contribution in [3.05, 3.63) is 36.4 Å². The van der Waals surface area contributed by atoms with Gasteiger partial charge in [0.05, 0.1) is 0 Å². The van der Waals surface area contributed by atoms with Gasteiger partial charge >= 0.3 is 12.1 Å². The van der Waals surface area contributed by atoms with Crippen molar-refractivity contribution in [2.75, 3.05) is 5.73 Å². The largest absolute Gasteiger partial charge is 0.423 e. The lowest BCUT2D eigenvalue weighted by molar-refractivity contribution is -0.142. The van der Waals surface area contributed by atoms with E-state index in [2.05, 4.69) is 11.3 Å². The Morgan fingerprint density at radius 2 is 1.75 bits per heavy atom. The molecule has 1 aromatic rings. The van der Waals surface area contributed by atoms with Gasteiger partial charge in [-0.1, -0.05) is 6.58 Å². The van der Waals surface area contributed by atoms with Crippen LogP contribution < -0.4 is 10.5 Å². The van der Waals surface area contributed by atoms with Crippen LogP contribution in [-0.4, -0.2) is 12.1 Å². The van der Waals surface area contributed by atoms with E-state index in [4.69, 9.17) is 5.73 Å². The van der Waals surface area contributed by atoms with Gasteiger partial charge in [0.1, 0.15) is 11.3 Å². The zero-order chi connectivity index (χ0) is 12.3. The summed E-state index contributed by atoms with van der Waals surface area (Å²) in [6, 6.07) is 5.38. The number of anilines is 1. The van der Waals surface area contributed by atoms with Crippen molar-refractivity contribution in [1.82, 2.24) is 0 Å². The number of benzene rings is 1. The maximum Gasteiger partial charge on any atom is 0.422 e. The number of hydrogen-bond acceptors (Lipinski definition) is 3. The minimum absolute atomic E-state index is 0.0235. The van der Waals surface area contributed by atoms with Crippen LogP contribution in [0, 0.1) is 0 Å². The Hall–Kier alpha value is -1.98. The van der Waals surface area contributed by atoms with E-state index in [1.54, 1.807) is 0 Å². The van der Waals surface area contributed by atoms with Gasteiger partial charge in [0.2, 0.25) is 0 Å². The summed E-state index contributed by atoms with van der Waals surface area (Å²) in [5.41, 5.74) is 4.21. The lowest BCUT2D eigenvalue weighted by atomic mass is 10.3. The summed E-state index contributed by atoms with van der Waals surface area (Å²) in [7, 11) is 0. The second-order valence-electron chi connectivity index (χ2n) is 2.93. The molecule has 1 rings (SSSR count). The molecule has 6 heteroatoms. The lowest BCUT2D eigenvalue weighted by Crippen LogP contribution is -2.23. The van der Waals surface area contributed by atoms with Gasteiger partial charge in [0.15, 0.2) is 0 Å². The predicted octanol–water partition coefficient (Wildman–Crippen LogP) is 2.29. The smallest absolute Gasteiger partial charge is 0.422 e. The Balaban J connectivity index is 2.72. The SMILES string of the molecule is C=C(C(=O)Oc1ccc(N)cc1)C(F)(F)F. The summed E-state index contributed by atoms with van der Waals surface area (Å²) < 4.78 is 40.6. The van der Waals surface area contributed by atoms with E-state index in [0.717, 1.165) is 0 Å². The third-order valence-electron chi connectivity index (χ3n) is 1.68. The van der Waals surface area contributed by atoms with Gasteiger partial charge in [-0.15, -0.1) is 0 Å². The average Bonchev–Trinajstić information content (AvgIpc) is 2.19. The van der Waals surface area contributed by atoms with Gasteiger partial charge in [-0.2, -0.15) is 13.2 Å². The molecule has 0 unspecified atom stereocenters. The Labute approximate surface area is 89.3 Å². The van der Waals surface area contributed by atoms with Gasteiger partial charge in [0.25, 0.3) is 0 Å². The molecule has 0 saturated carbocycles. The highest BCUT2D eigenvalue weighted by Crippen LogP contribution is 2.25. The minimum atomic E-state index is -4.79. The highest BCUT2D eigenvalue weighted by Gasteiger charge is 2.38. The second kappa shape index (κ2) is 4.26. The zero-order valence-corrected chi connectivity index (χ0v) is 8.04. The van der Waals surface area contributed by atoms with Crippen LogP contribution in [-0.2, 0) is 4.79 Å². The first-order valence-corrected chi connectivity index (χ1v) is 4.14. The van der Waals surface area contributed by atoms with Crippen molar-refractivity contribution in [1.29, 1.82) is 0 Å². The van der Waals surface area contributed by atoms with E-state index in [-0.39, 0.29) is 5.75 Å². The van der Waals surface area contributed by atoms with Gasteiger partial charge in [-0.3, -0.25) is 0 Å². The number of nitrogens with two attached hydrogens (primary N) is 1. The van der Waals surface area contributed by atoms with Gasteiger partial charge < -0.3 is 10.5 Å². The fourth-order valence-corrected chi connectivity index (χ4v) is 0.820. The van der Waals surface area contributed by atoms with Crippen LogP contribution in [0.5, 0.6) is 5.75 Å². The zero-order valence-electron chi connectivity index (χ0n) is 8.04. The molecule has 0 spiro atoms. The van der Waals surface area contributed by atoms with E-state index in [1.807, 2.05) is 0 Å². The summed E-state index contributed by atoms with van der Waals surface area (Å²) in [6.45, 7) is 2.62. The fraction of sp³-hybridized carbons (Fsp3) is 0.100. The van der Waals surface area contributed by atoms with Crippen LogP contribution in [0.1, 0.15) is 0 Å². The predicted molar refractivity (Wildman–Crippen MR) is 51.7 cm³/mol. The molecule has 0 aliphatic heterocycles. The van der Waals surface area contributed by atoms with E-state index in [9.17, 15) is 18.0 Å². The molecule has 0 bridgehead atoms. The molecule has 0 aliphatic rings. The molecule has 0 heterocycles. The summed E-state index contributed by atoms with van der Waals surface area (Å²) in [6.07, 6.45) is -4.79. The minimum Gasteiger partial charge on any atom is -0.423 e. The molecule has 86 valence electrons. The van der Waals surface area contributed by atoms with Crippen molar-refractivity contribution in [2.45, 2.75) is 6.18 Å². The second-order valence-corrected chi connectivity index (χ2v) is 2.93. The van der Waals surface area contributed by atoms with Gasteiger partial charge in [0, 0.05) is 5.69 Å². The number of rotatable bonds is 2. The lowest BCUT2D eigenvalue weighted by Gasteiger charge is -2.09. The standard InChI is InChI=1S/C10H8F3NO2/c1-6(10(11,12)13)9(15)16-8-4-2-7(14)3-5-8/h2-5H,1,14H2. The van der Waals surface area contributed by atoms with Crippen molar-refractivity contribution < 1.29 is 22.7 Å². The quantitative estimate of drug-likeness (QED) is 0.367. The number of hydrogen-bond donors (Lipinski definition) is 1. The molecule has 0 aromatic heterocycles. The first-order chi connectivity index (χ1) is 7.30. The third kappa shape index (κ3) is 3.01. The molecule has 2 N–H and O–H groups in total. The normalized spacial score (nSPS) is 10.9. The topological polar surface area (TPSA) is 52.3 Å². The van der Waals surface area contributed by atoms with Crippen LogP contribution in [0.15, 0.2) is 36.4 Å². The van der Waals surface area contributed by atoms with E-state index < -0.39 is 17.7 Å². The molecule has 0 radical (unpaired) electrons. The fourth-order valence-electron chi connectivity index (χ4n) is 0.820. The van der Waals surface area contributed by atoms with E-state index in [0.29, 0.717) is 5.69 Å². The molecule has 1 aromatic carbocycles. The maximum atomic E-state index is 12.0. The van der Waals surface area contributed by atoms with E-state index >= 15 is 0 Å². The first-order valence-electron chi connectivity index (χ1n) is 4.14. The molecule has 3 nitrogen and oxygen atoms in total. The number of ether oxygens (including phenoxy) is 1. The average molecular weight is 231 g/mol. The van der Waals surface area contributed by atoms with Crippen molar-refractivity contribution >= 4 is 11.7 Å². The molecule has 0 fully saturated rings. The van der Waals surface area contributed by atoms with Crippen molar-refractivity contribution in [3.63, 3.8) is 0 Å². The van der Waals surface area contributed by atoms with Crippen molar-refractivity contribution in [2.24, 2.45) is 0 Å². The molecule has 0 aliphatic carbocycles. The molecule has 16 heavy (non-hydrogen) atoms. The number of alkyl halides is 3. The Morgan fingerprint density at radius 1 is 1.25 bits per heavy atom. The summed E-state index contributed by atoms with van der Waals surface area (Å²) in [4.78, 5) is 11.0. The molecule has 0 atom stereocenters. The van der Waals surface area contributed by atoms with Crippen molar-refractivity contribution in [3.8, 4) is 5.75 Å². The third-order valence-corrected chi connectivity index (χ3v) is 1.68. The van der Waals surface area contributed by atoms with Crippen LogP contribution in [0.3, 0.4) is 0 Å². The van der Waals surface area contributed by atoms with Crippen LogP contribution >= 0.6 is 0 Å². The number of nitrogen functional groups attached to an aromatic ring is 1. The van der Waals surface area contributed by atoms with Gasteiger partial charge in [-0.05, 0) is 24.3 Å². The number of esters is 1. The summed E-state index contributed by atoms with van der Waals surface area (Å²) >= 11 is 0. The maximum absolute atomic E-state index is 12.0. The summed E-state index contributed by atoms with van der Waals surface area (Å²) in [5, 5.41) is 0. The van der Waals surface area contributed by atoms with Crippen LogP contribution in [0.4, 0.5) is 18.9 Å². The summed E-state index contributed by atoms with van der Waals surface area (Å²) in [5.74, 6) is -1.55. The highest BCUT2D eigenvalue weighted by atomic mass is 19.4. The highest BCUT2D eigenvalue weighted by molar-refractivity contribution is 5.90. The molecular formula is C10H8F3NO2. The van der Waals surface area contributed by atoms with Crippen LogP contribution in [0.25, 0.3) is 0 Å². The Kier molecular flexibility index (Phi) is 3.22. The molecule has 0 saturated heterocycles. The van der Waals surface area contributed by atoms with E-state index in [1.165, 1.54) is 24.3 Å². The van der Waals surface area contributed by atoms with Gasteiger partial charge in [-0.25, -0.2) is 4.79 Å². The number of carbonyl (C=O) groups is 1. The Bertz CT molecular complexity index is 409. The first kappa shape index (κ1) is 12.1. The number of carbonyl (C=O) groups excluding carboxylic acids is 1. The molecular weight excluding hydrogens is 223 g/mol. The monoisotopic (exact) mass is 231 g/mol. The number of halogens is 3.